The van der Waals surface area contributed by atoms with Crippen molar-refractivity contribution in [1.29, 1.82) is 0 Å². The Labute approximate surface area is 160 Å². The molecular weight excluding hydrogens is 336 g/mol. The van der Waals surface area contributed by atoms with Gasteiger partial charge in [-0.15, -0.1) is 0 Å². The number of carbonyl (C=O) groups is 2. The maximum atomic E-state index is 13.5. The molecule has 1 atom stereocenters. The van der Waals surface area contributed by atoms with Crippen LogP contribution < -0.4 is 9.80 Å². The molecule has 2 heterocycles. The zero-order valence-corrected chi connectivity index (χ0v) is 16.2. The van der Waals surface area contributed by atoms with Gasteiger partial charge in [-0.05, 0) is 63.3 Å². The summed E-state index contributed by atoms with van der Waals surface area (Å²) in [6, 6.07) is 16.1. The maximum absolute atomic E-state index is 13.5. The van der Waals surface area contributed by atoms with Gasteiger partial charge >= 0.3 is 0 Å². The summed E-state index contributed by atoms with van der Waals surface area (Å²) in [5, 5.41) is 0. The Balaban J connectivity index is 1.66. The molecule has 1 unspecified atom stereocenters. The third kappa shape index (κ3) is 2.84. The lowest BCUT2D eigenvalue weighted by Gasteiger charge is -2.37. The van der Waals surface area contributed by atoms with E-state index in [2.05, 4.69) is 19.1 Å². The van der Waals surface area contributed by atoms with E-state index < -0.39 is 5.41 Å². The molecule has 4 heteroatoms. The van der Waals surface area contributed by atoms with Crippen LogP contribution in [0.25, 0.3) is 0 Å². The second kappa shape index (κ2) is 6.52. The number of benzene rings is 2. The molecule has 2 amide bonds. The van der Waals surface area contributed by atoms with E-state index >= 15 is 0 Å². The summed E-state index contributed by atoms with van der Waals surface area (Å²) in [5.41, 5.74) is 3.13. The fourth-order valence-corrected chi connectivity index (χ4v) is 4.35. The van der Waals surface area contributed by atoms with Crippen molar-refractivity contribution < 1.29 is 9.59 Å². The first-order chi connectivity index (χ1) is 12.9. The minimum Gasteiger partial charge on any atom is -0.311 e. The summed E-state index contributed by atoms with van der Waals surface area (Å²) in [6.07, 6.45) is 2.74. The SMILES string of the molecule is CC1Cc2ccccc2N1C(=O)C(C)(C)C(=O)N1CCCc2ccccc21. The number of amides is 2. The predicted molar refractivity (Wildman–Crippen MR) is 108 cm³/mol. The van der Waals surface area contributed by atoms with E-state index in [4.69, 9.17) is 0 Å². The normalized spacial score (nSPS) is 18.9. The van der Waals surface area contributed by atoms with E-state index in [9.17, 15) is 9.59 Å². The van der Waals surface area contributed by atoms with E-state index in [0.717, 1.165) is 30.6 Å². The second-order valence-corrected chi connectivity index (χ2v) is 8.17. The first kappa shape index (κ1) is 17.8. The Kier molecular flexibility index (Phi) is 4.29. The van der Waals surface area contributed by atoms with Crippen LogP contribution >= 0.6 is 0 Å². The summed E-state index contributed by atoms with van der Waals surface area (Å²) in [6.45, 7) is 6.25. The molecular formula is C23H26N2O2. The number of hydrogen-bond acceptors (Lipinski definition) is 2. The molecule has 0 fully saturated rings. The minimum atomic E-state index is -1.11. The van der Waals surface area contributed by atoms with Gasteiger partial charge in [0, 0.05) is 24.0 Å². The Morgan fingerprint density at radius 1 is 0.926 bits per heavy atom. The summed E-state index contributed by atoms with van der Waals surface area (Å²) in [5.74, 6) is -0.232. The zero-order chi connectivity index (χ0) is 19.2. The molecule has 4 nitrogen and oxygen atoms in total. The highest BCUT2D eigenvalue weighted by Crippen LogP contribution is 2.37. The molecule has 0 saturated heterocycles. The fraction of sp³-hybridized carbons (Fsp3) is 0.391. The molecule has 2 aliphatic rings. The first-order valence-corrected chi connectivity index (χ1v) is 9.72. The lowest BCUT2D eigenvalue weighted by Crippen LogP contribution is -2.53. The molecule has 2 aromatic rings. The van der Waals surface area contributed by atoms with E-state index in [1.165, 1.54) is 11.1 Å². The van der Waals surface area contributed by atoms with Gasteiger partial charge in [-0.25, -0.2) is 0 Å². The maximum Gasteiger partial charge on any atom is 0.242 e. The monoisotopic (exact) mass is 362 g/mol. The highest BCUT2D eigenvalue weighted by atomic mass is 16.2. The van der Waals surface area contributed by atoms with Crippen LogP contribution in [0.1, 0.15) is 38.3 Å². The quantitative estimate of drug-likeness (QED) is 0.759. The highest BCUT2D eigenvalue weighted by Gasteiger charge is 2.46. The summed E-state index contributed by atoms with van der Waals surface area (Å²) < 4.78 is 0. The van der Waals surface area contributed by atoms with Gasteiger partial charge in [0.05, 0.1) is 0 Å². The van der Waals surface area contributed by atoms with Crippen molar-refractivity contribution in [3.8, 4) is 0 Å². The standard InChI is InChI=1S/C23H26N2O2/c1-16-15-18-10-5-7-13-20(18)25(16)22(27)23(2,3)21(26)24-14-8-11-17-9-4-6-12-19(17)24/h4-7,9-10,12-13,16H,8,11,14-15H2,1-3H3. The molecule has 0 aliphatic carbocycles. The van der Waals surface area contributed by atoms with Crippen molar-refractivity contribution in [1.82, 2.24) is 0 Å². The Morgan fingerprint density at radius 3 is 2.30 bits per heavy atom. The molecule has 0 aromatic heterocycles. The Hall–Kier alpha value is -2.62. The van der Waals surface area contributed by atoms with E-state index in [0.29, 0.717) is 6.54 Å². The van der Waals surface area contributed by atoms with Crippen molar-refractivity contribution in [2.24, 2.45) is 5.41 Å². The van der Waals surface area contributed by atoms with Crippen LogP contribution in [-0.4, -0.2) is 24.4 Å². The minimum absolute atomic E-state index is 0.0654. The summed E-state index contributed by atoms with van der Waals surface area (Å²) in [4.78, 5) is 30.6. The zero-order valence-electron chi connectivity index (χ0n) is 16.2. The molecule has 0 N–H and O–H groups in total. The number of para-hydroxylation sites is 2. The van der Waals surface area contributed by atoms with Crippen LogP contribution in [0.3, 0.4) is 0 Å². The number of fused-ring (bicyclic) bond motifs is 2. The number of hydrogen-bond donors (Lipinski definition) is 0. The van der Waals surface area contributed by atoms with Gasteiger partial charge in [0.2, 0.25) is 11.8 Å². The van der Waals surface area contributed by atoms with Crippen LogP contribution in [0, 0.1) is 5.41 Å². The molecule has 0 saturated carbocycles. The van der Waals surface area contributed by atoms with Crippen molar-refractivity contribution in [2.75, 3.05) is 16.3 Å². The van der Waals surface area contributed by atoms with Crippen LogP contribution in [0.15, 0.2) is 48.5 Å². The van der Waals surface area contributed by atoms with Crippen LogP contribution in [0.5, 0.6) is 0 Å². The van der Waals surface area contributed by atoms with Gasteiger partial charge in [0.1, 0.15) is 5.41 Å². The topological polar surface area (TPSA) is 40.6 Å². The average molecular weight is 362 g/mol. The highest BCUT2D eigenvalue weighted by molar-refractivity contribution is 6.16. The number of aryl methyl sites for hydroxylation is 1. The lowest BCUT2D eigenvalue weighted by molar-refractivity contribution is -0.138. The number of anilines is 2. The lowest BCUT2D eigenvalue weighted by atomic mass is 9.87. The van der Waals surface area contributed by atoms with Crippen LogP contribution in [0.2, 0.25) is 0 Å². The van der Waals surface area contributed by atoms with Crippen molar-refractivity contribution in [2.45, 2.75) is 46.1 Å². The molecule has 2 aliphatic heterocycles. The molecule has 2 aromatic carbocycles. The van der Waals surface area contributed by atoms with Crippen LogP contribution in [0.4, 0.5) is 11.4 Å². The molecule has 0 radical (unpaired) electrons. The van der Waals surface area contributed by atoms with Gasteiger partial charge < -0.3 is 9.80 Å². The van der Waals surface area contributed by atoms with Crippen molar-refractivity contribution >= 4 is 23.2 Å². The average Bonchev–Trinajstić information content (AvgIpc) is 3.01. The van der Waals surface area contributed by atoms with Gasteiger partial charge in [-0.1, -0.05) is 36.4 Å². The summed E-state index contributed by atoms with van der Waals surface area (Å²) in [7, 11) is 0. The van der Waals surface area contributed by atoms with Crippen molar-refractivity contribution in [3.05, 3.63) is 59.7 Å². The van der Waals surface area contributed by atoms with Crippen molar-refractivity contribution in [3.63, 3.8) is 0 Å². The van der Waals surface area contributed by atoms with Gasteiger partial charge in [-0.2, -0.15) is 0 Å². The van der Waals surface area contributed by atoms with Gasteiger partial charge in [-0.3, -0.25) is 9.59 Å². The molecule has 0 bridgehead atoms. The number of carbonyl (C=O) groups excluding carboxylic acids is 2. The van der Waals surface area contributed by atoms with E-state index in [-0.39, 0.29) is 17.9 Å². The smallest absolute Gasteiger partial charge is 0.242 e. The predicted octanol–water partition coefficient (Wildman–Crippen LogP) is 3.97. The number of rotatable bonds is 2. The van der Waals surface area contributed by atoms with Gasteiger partial charge in [0.25, 0.3) is 0 Å². The molecule has 140 valence electrons. The summed E-state index contributed by atoms with van der Waals surface area (Å²) >= 11 is 0. The van der Waals surface area contributed by atoms with Gasteiger partial charge in [0.15, 0.2) is 0 Å². The number of nitrogens with zero attached hydrogens (tertiary/aromatic N) is 2. The first-order valence-electron chi connectivity index (χ1n) is 9.72. The van der Waals surface area contributed by atoms with Crippen LogP contribution in [-0.2, 0) is 22.4 Å². The molecule has 27 heavy (non-hydrogen) atoms. The van der Waals surface area contributed by atoms with E-state index in [1.54, 1.807) is 13.8 Å². The largest absolute Gasteiger partial charge is 0.311 e. The van der Waals surface area contributed by atoms with E-state index in [1.807, 2.05) is 46.2 Å². The Bertz CT molecular complexity index is 903. The molecule has 4 rings (SSSR count). The fourth-order valence-electron chi connectivity index (χ4n) is 4.35. The third-order valence-corrected chi connectivity index (χ3v) is 5.85. The third-order valence-electron chi connectivity index (χ3n) is 5.85. The second-order valence-electron chi connectivity index (χ2n) is 8.17. The molecule has 0 spiro atoms. The Morgan fingerprint density at radius 2 is 1.56 bits per heavy atom.